The maximum absolute atomic E-state index is 12.2. The maximum Gasteiger partial charge on any atom is 0.227 e. The molecule has 3 aromatic rings. The van der Waals surface area contributed by atoms with Crippen molar-refractivity contribution >= 4 is 20.9 Å². The summed E-state index contributed by atoms with van der Waals surface area (Å²) < 4.78 is 31.9. The van der Waals surface area contributed by atoms with E-state index < -0.39 is 9.84 Å². The van der Waals surface area contributed by atoms with Gasteiger partial charge in [-0.15, -0.1) is 0 Å². The number of fused-ring (bicyclic) bond motifs is 1. The van der Waals surface area contributed by atoms with Gasteiger partial charge < -0.3 is 14.3 Å². The van der Waals surface area contributed by atoms with E-state index in [-0.39, 0.29) is 11.3 Å². The molecule has 2 aromatic heterocycles. The largest absolute Gasteiger partial charge is 0.376 e. The summed E-state index contributed by atoms with van der Waals surface area (Å²) in [6.07, 6.45) is 4.84. The lowest BCUT2D eigenvalue weighted by atomic mass is 10.2. The molecule has 1 N–H and O–H groups in total. The first-order valence-corrected chi connectivity index (χ1v) is 11.7. The number of rotatable bonds is 7. The maximum atomic E-state index is 12.2. The number of hydrogen-bond donors (Lipinski definition) is 1. The number of nitrogens with one attached hydrogen (secondary N) is 1. The van der Waals surface area contributed by atoms with Gasteiger partial charge in [0.05, 0.1) is 42.1 Å². The predicted octanol–water partition coefficient (Wildman–Crippen LogP) is 2.28. The van der Waals surface area contributed by atoms with Crippen molar-refractivity contribution in [2.45, 2.75) is 50.7 Å². The normalized spacial score (nSPS) is 17.6. The summed E-state index contributed by atoms with van der Waals surface area (Å²) in [5.41, 5.74) is 4.01. The number of benzene rings is 1. The molecule has 1 aromatic carbocycles. The molecule has 0 radical (unpaired) electrons. The van der Waals surface area contributed by atoms with E-state index in [0.717, 1.165) is 47.6 Å². The molecule has 3 heterocycles. The molecule has 0 aliphatic carbocycles. The third kappa shape index (κ3) is 4.36. The van der Waals surface area contributed by atoms with Crippen LogP contribution in [0.5, 0.6) is 0 Å². The van der Waals surface area contributed by atoms with Gasteiger partial charge in [-0.05, 0) is 38.4 Å². The van der Waals surface area contributed by atoms with Crippen LogP contribution in [0.25, 0.3) is 11.0 Å². The molecule has 9 heteroatoms. The van der Waals surface area contributed by atoms with Crippen LogP contribution in [0.15, 0.2) is 29.6 Å². The van der Waals surface area contributed by atoms with Gasteiger partial charge in [0, 0.05) is 19.4 Å². The van der Waals surface area contributed by atoms with Crippen molar-refractivity contribution in [3.8, 4) is 0 Å². The number of H-pyrrole nitrogens is 1. The highest BCUT2D eigenvalue weighted by Gasteiger charge is 2.24. The first-order valence-electron chi connectivity index (χ1n) is 9.80. The molecular weight excluding hydrogens is 390 g/mol. The van der Waals surface area contributed by atoms with Gasteiger partial charge in [-0.3, -0.25) is 4.90 Å². The second kappa shape index (κ2) is 7.89. The number of nitrogens with zero attached hydrogens (tertiary/aromatic N) is 4. The molecule has 156 valence electrons. The average Bonchev–Trinajstić information content (AvgIpc) is 3.36. The summed E-state index contributed by atoms with van der Waals surface area (Å²) in [6.45, 7) is 4.47. The van der Waals surface area contributed by atoms with E-state index in [9.17, 15) is 8.42 Å². The monoisotopic (exact) mass is 417 g/mol. The van der Waals surface area contributed by atoms with Crippen LogP contribution in [0.3, 0.4) is 0 Å². The van der Waals surface area contributed by atoms with Gasteiger partial charge >= 0.3 is 0 Å². The SMILES string of the molecule is Cc1cccc2[nH]c(CN(C)Cc3cnc(S(C)(=O)=O)n3C[C@@H]3CCCO3)nc12. The fourth-order valence-electron chi connectivity index (χ4n) is 3.89. The number of imidazole rings is 2. The van der Waals surface area contributed by atoms with E-state index in [1.807, 2.05) is 32.2 Å². The smallest absolute Gasteiger partial charge is 0.227 e. The summed E-state index contributed by atoms with van der Waals surface area (Å²) in [5, 5.41) is 0.107. The van der Waals surface area contributed by atoms with E-state index in [4.69, 9.17) is 9.72 Å². The van der Waals surface area contributed by atoms with Crippen LogP contribution in [-0.4, -0.2) is 58.9 Å². The Morgan fingerprint density at radius 3 is 2.86 bits per heavy atom. The van der Waals surface area contributed by atoms with Gasteiger partial charge in [-0.2, -0.15) is 0 Å². The van der Waals surface area contributed by atoms with Crippen LogP contribution in [0, 0.1) is 6.92 Å². The zero-order chi connectivity index (χ0) is 20.6. The molecule has 1 saturated heterocycles. The molecule has 4 rings (SSSR count). The molecule has 1 aliphatic heterocycles. The first-order chi connectivity index (χ1) is 13.8. The van der Waals surface area contributed by atoms with Crippen molar-refractivity contribution in [2.75, 3.05) is 19.9 Å². The van der Waals surface area contributed by atoms with Gasteiger partial charge in [0.2, 0.25) is 15.0 Å². The van der Waals surface area contributed by atoms with Gasteiger partial charge in [-0.1, -0.05) is 12.1 Å². The minimum atomic E-state index is -3.41. The lowest BCUT2D eigenvalue weighted by Gasteiger charge is -2.19. The van der Waals surface area contributed by atoms with Gasteiger partial charge in [0.1, 0.15) is 5.82 Å². The molecule has 1 aliphatic rings. The number of sulfone groups is 1. The van der Waals surface area contributed by atoms with E-state index in [1.165, 1.54) is 6.26 Å². The summed E-state index contributed by atoms with van der Waals surface area (Å²) in [4.78, 5) is 14.4. The lowest BCUT2D eigenvalue weighted by Crippen LogP contribution is -2.24. The minimum absolute atomic E-state index is 0.0344. The van der Waals surface area contributed by atoms with Crippen molar-refractivity contribution in [3.63, 3.8) is 0 Å². The van der Waals surface area contributed by atoms with Crippen molar-refractivity contribution in [3.05, 3.63) is 41.5 Å². The highest BCUT2D eigenvalue weighted by atomic mass is 32.2. The fourth-order valence-corrected chi connectivity index (χ4v) is 4.73. The first kappa shape index (κ1) is 20.1. The number of aryl methyl sites for hydroxylation is 1. The van der Waals surface area contributed by atoms with Gasteiger partial charge in [-0.25, -0.2) is 18.4 Å². The standard InChI is InChI=1S/C20H27N5O3S/c1-14-6-4-8-17-19(14)23-18(22-17)13-24(2)11-15-10-21-20(29(3,26)27)25(15)12-16-7-5-9-28-16/h4,6,8,10,16H,5,7,9,11-13H2,1-3H3,(H,22,23)/t16-/m0/s1. The molecule has 1 atom stereocenters. The number of ether oxygens (including phenoxy) is 1. The van der Waals surface area contributed by atoms with Crippen molar-refractivity contribution in [2.24, 2.45) is 0 Å². The van der Waals surface area contributed by atoms with E-state index >= 15 is 0 Å². The second-order valence-electron chi connectivity index (χ2n) is 7.88. The predicted molar refractivity (Wildman–Crippen MR) is 110 cm³/mol. The molecule has 8 nitrogen and oxygen atoms in total. The Morgan fingerprint density at radius 2 is 2.17 bits per heavy atom. The Labute approximate surface area is 170 Å². The van der Waals surface area contributed by atoms with Crippen LogP contribution in [-0.2, 0) is 34.2 Å². The summed E-state index contributed by atoms with van der Waals surface area (Å²) in [5.74, 6) is 0.880. The van der Waals surface area contributed by atoms with Crippen molar-refractivity contribution in [1.29, 1.82) is 0 Å². The zero-order valence-corrected chi connectivity index (χ0v) is 17.9. The summed E-state index contributed by atoms with van der Waals surface area (Å²) in [6, 6.07) is 6.08. The molecule has 0 bridgehead atoms. The lowest BCUT2D eigenvalue weighted by molar-refractivity contribution is 0.0934. The number of aromatic nitrogens is 4. The van der Waals surface area contributed by atoms with Crippen molar-refractivity contribution < 1.29 is 13.2 Å². The third-order valence-corrected chi connectivity index (χ3v) is 6.25. The van der Waals surface area contributed by atoms with Crippen LogP contribution < -0.4 is 0 Å². The average molecular weight is 418 g/mol. The quantitative estimate of drug-likeness (QED) is 0.634. The molecule has 0 amide bonds. The third-order valence-electron chi connectivity index (χ3n) is 5.26. The van der Waals surface area contributed by atoms with E-state index in [1.54, 1.807) is 10.8 Å². The van der Waals surface area contributed by atoms with Crippen LogP contribution in [0.1, 0.15) is 29.9 Å². The van der Waals surface area contributed by atoms with Gasteiger partial charge in [0.25, 0.3) is 0 Å². The highest BCUT2D eigenvalue weighted by molar-refractivity contribution is 7.90. The van der Waals surface area contributed by atoms with Crippen LogP contribution in [0.4, 0.5) is 0 Å². The molecular formula is C20H27N5O3S. The Kier molecular flexibility index (Phi) is 5.46. The summed E-state index contributed by atoms with van der Waals surface area (Å²) in [7, 11) is -1.42. The molecule has 0 saturated carbocycles. The topological polar surface area (TPSA) is 93.1 Å². The molecule has 0 unspecified atom stereocenters. The van der Waals surface area contributed by atoms with Crippen LogP contribution >= 0.6 is 0 Å². The Morgan fingerprint density at radius 1 is 1.34 bits per heavy atom. The number of para-hydroxylation sites is 1. The Balaban J connectivity index is 1.54. The Hall–Kier alpha value is -2.23. The molecule has 0 spiro atoms. The van der Waals surface area contributed by atoms with Crippen LogP contribution in [0.2, 0.25) is 0 Å². The minimum Gasteiger partial charge on any atom is -0.376 e. The highest BCUT2D eigenvalue weighted by Crippen LogP contribution is 2.21. The Bertz CT molecular complexity index is 1110. The van der Waals surface area contributed by atoms with E-state index in [2.05, 4.69) is 14.9 Å². The van der Waals surface area contributed by atoms with Crippen molar-refractivity contribution in [1.82, 2.24) is 24.4 Å². The number of hydrogen-bond acceptors (Lipinski definition) is 6. The zero-order valence-electron chi connectivity index (χ0n) is 17.1. The molecule has 1 fully saturated rings. The summed E-state index contributed by atoms with van der Waals surface area (Å²) >= 11 is 0. The molecule has 29 heavy (non-hydrogen) atoms. The second-order valence-corrected chi connectivity index (χ2v) is 9.79. The number of aromatic amines is 1. The van der Waals surface area contributed by atoms with E-state index in [0.29, 0.717) is 19.6 Å². The fraction of sp³-hybridized carbons (Fsp3) is 0.500. The van der Waals surface area contributed by atoms with Gasteiger partial charge in [0.15, 0.2) is 0 Å².